The highest BCUT2D eigenvalue weighted by atomic mass is 16.6. The van der Waals surface area contributed by atoms with Crippen LogP contribution in [0.4, 0.5) is 4.79 Å². The first kappa shape index (κ1) is 13.0. The van der Waals surface area contributed by atoms with Crippen molar-refractivity contribution in [2.75, 3.05) is 0 Å². The van der Waals surface area contributed by atoms with Crippen molar-refractivity contribution < 1.29 is 19.4 Å². The Morgan fingerprint density at radius 3 is 2.60 bits per heavy atom. The Bertz CT molecular complexity index is 536. The van der Waals surface area contributed by atoms with Gasteiger partial charge in [0.2, 0.25) is 0 Å². The molecule has 3 fully saturated rings. The van der Waals surface area contributed by atoms with E-state index in [9.17, 15) is 14.7 Å². The number of hydrogen-bond donors (Lipinski definition) is 1. The minimum atomic E-state index is -1.03. The van der Waals surface area contributed by atoms with Gasteiger partial charge in [-0.05, 0) is 31.2 Å². The van der Waals surface area contributed by atoms with E-state index in [1.54, 1.807) is 0 Å². The van der Waals surface area contributed by atoms with Crippen molar-refractivity contribution in [2.45, 2.75) is 38.0 Å². The minimum Gasteiger partial charge on any atom is -0.479 e. The van der Waals surface area contributed by atoms with Gasteiger partial charge in [-0.25, -0.2) is 9.59 Å². The average molecular weight is 275 g/mol. The van der Waals surface area contributed by atoms with E-state index in [-0.39, 0.29) is 18.6 Å². The van der Waals surface area contributed by atoms with Gasteiger partial charge < -0.3 is 9.84 Å². The summed E-state index contributed by atoms with van der Waals surface area (Å²) in [4.78, 5) is 25.1. The van der Waals surface area contributed by atoms with E-state index in [0.29, 0.717) is 12.8 Å². The van der Waals surface area contributed by atoms with Crippen LogP contribution < -0.4 is 0 Å². The summed E-state index contributed by atoms with van der Waals surface area (Å²) in [5, 5.41) is 9.38. The number of rotatable bonds is 3. The van der Waals surface area contributed by atoms with E-state index >= 15 is 0 Å². The maximum Gasteiger partial charge on any atom is 0.411 e. The molecule has 1 amide bonds. The molecule has 0 aromatic heterocycles. The van der Waals surface area contributed by atoms with Crippen LogP contribution in [-0.4, -0.2) is 33.6 Å². The molecule has 0 radical (unpaired) electrons. The maximum absolute atomic E-state index is 12.2. The number of carboxylic acids is 1. The molecule has 2 saturated heterocycles. The number of hydrogen-bond acceptors (Lipinski definition) is 3. The second kappa shape index (κ2) is 4.51. The van der Waals surface area contributed by atoms with E-state index in [4.69, 9.17) is 4.74 Å². The van der Waals surface area contributed by atoms with Gasteiger partial charge in [0.15, 0.2) is 0 Å². The summed E-state index contributed by atoms with van der Waals surface area (Å²) in [5.74, 6) is -0.634. The lowest BCUT2D eigenvalue weighted by molar-refractivity contribution is -0.151. The molecule has 5 heteroatoms. The van der Waals surface area contributed by atoms with Crippen LogP contribution in [0.3, 0.4) is 0 Å². The number of carbonyl (C=O) groups is 2. The molecular formula is C15H17NO4. The molecule has 1 aliphatic carbocycles. The van der Waals surface area contributed by atoms with Crippen molar-refractivity contribution in [2.24, 2.45) is 5.92 Å². The van der Waals surface area contributed by atoms with Gasteiger partial charge in [-0.15, -0.1) is 0 Å². The van der Waals surface area contributed by atoms with Gasteiger partial charge in [-0.1, -0.05) is 30.3 Å². The zero-order valence-electron chi connectivity index (χ0n) is 11.3. The monoisotopic (exact) mass is 275 g/mol. The summed E-state index contributed by atoms with van der Waals surface area (Å²) in [7, 11) is 0. The number of nitrogens with zero attached hydrogens (tertiary/aromatic N) is 1. The summed E-state index contributed by atoms with van der Waals surface area (Å²) >= 11 is 0. The Balaban J connectivity index is 1.69. The zero-order chi connectivity index (χ0) is 14.3. The van der Waals surface area contributed by atoms with Crippen LogP contribution in [-0.2, 0) is 16.1 Å². The van der Waals surface area contributed by atoms with Gasteiger partial charge >= 0.3 is 12.1 Å². The topological polar surface area (TPSA) is 66.8 Å². The average Bonchev–Trinajstić information content (AvgIpc) is 2.84. The largest absolute Gasteiger partial charge is 0.479 e. The van der Waals surface area contributed by atoms with Crippen LogP contribution >= 0.6 is 0 Å². The highest BCUT2D eigenvalue weighted by Gasteiger charge is 2.66. The fourth-order valence-electron chi connectivity index (χ4n) is 3.35. The second-order valence-electron chi connectivity index (χ2n) is 5.66. The summed E-state index contributed by atoms with van der Waals surface area (Å²) in [5.41, 5.74) is -0.137. The third-order valence-corrected chi connectivity index (χ3v) is 4.55. The van der Waals surface area contributed by atoms with Gasteiger partial charge in [0.05, 0.1) is 0 Å². The van der Waals surface area contributed by atoms with Crippen LogP contribution in [0.1, 0.15) is 25.3 Å². The first-order valence-electron chi connectivity index (χ1n) is 6.78. The molecule has 0 spiro atoms. The maximum atomic E-state index is 12.2. The molecular weight excluding hydrogens is 258 g/mol. The first-order chi connectivity index (χ1) is 9.54. The van der Waals surface area contributed by atoms with E-state index in [0.717, 1.165) is 5.56 Å². The lowest BCUT2D eigenvalue weighted by Crippen LogP contribution is -2.55. The molecule has 5 nitrogen and oxygen atoms in total. The molecule has 1 N–H and O–H groups in total. The number of carboxylic acid groups (broad SMARTS) is 1. The van der Waals surface area contributed by atoms with Crippen LogP contribution in [0.5, 0.6) is 0 Å². The van der Waals surface area contributed by atoms with Gasteiger partial charge in [0.1, 0.15) is 12.1 Å². The smallest absolute Gasteiger partial charge is 0.411 e. The Morgan fingerprint density at radius 1 is 1.35 bits per heavy atom. The summed E-state index contributed by atoms with van der Waals surface area (Å²) in [6.45, 7) is 2.06. The van der Waals surface area contributed by atoms with E-state index in [1.807, 2.05) is 37.3 Å². The predicted molar refractivity (Wildman–Crippen MR) is 71.0 cm³/mol. The Labute approximate surface area is 117 Å². The lowest BCUT2D eigenvalue weighted by Gasteiger charge is -2.37. The molecule has 1 aromatic rings. The van der Waals surface area contributed by atoms with Crippen LogP contribution in [0.15, 0.2) is 30.3 Å². The highest BCUT2D eigenvalue weighted by Crippen LogP contribution is 2.54. The van der Waals surface area contributed by atoms with Gasteiger partial charge in [-0.2, -0.15) is 0 Å². The molecule has 1 aromatic carbocycles. The summed E-state index contributed by atoms with van der Waals surface area (Å²) in [6.07, 6.45) is 0.567. The van der Waals surface area contributed by atoms with Crippen molar-refractivity contribution >= 4 is 12.1 Å². The zero-order valence-corrected chi connectivity index (χ0v) is 11.3. The molecule has 1 atom stereocenters. The number of benzene rings is 1. The van der Waals surface area contributed by atoms with E-state index in [1.165, 1.54) is 4.90 Å². The van der Waals surface area contributed by atoms with Crippen LogP contribution in [0.25, 0.3) is 0 Å². The van der Waals surface area contributed by atoms with Crippen LogP contribution in [0, 0.1) is 5.92 Å². The number of fused-ring (bicyclic) bond motifs is 1. The van der Waals surface area contributed by atoms with Crippen molar-refractivity contribution in [3.05, 3.63) is 35.9 Å². The quantitative estimate of drug-likeness (QED) is 0.918. The Morgan fingerprint density at radius 2 is 2.00 bits per heavy atom. The molecule has 106 valence electrons. The first-order valence-corrected chi connectivity index (χ1v) is 6.78. The number of amides is 1. The van der Waals surface area contributed by atoms with Crippen molar-refractivity contribution in [3.63, 3.8) is 0 Å². The Kier molecular flexibility index (Phi) is 2.92. The molecule has 2 bridgehead atoms. The fourth-order valence-corrected chi connectivity index (χ4v) is 3.35. The minimum absolute atomic E-state index is 0.0608. The normalized spacial score (nSPS) is 30.8. The number of carbonyl (C=O) groups excluding carboxylic acids is 1. The molecule has 1 unspecified atom stereocenters. The van der Waals surface area contributed by atoms with Crippen molar-refractivity contribution in [1.82, 2.24) is 4.90 Å². The molecule has 2 heterocycles. The van der Waals surface area contributed by atoms with E-state index < -0.39 is 17.6 Å². The van der Waals surface area contributed by atoms with Crippen molar-refractivity contribution in [1.29, 1.82) is 0 Å². The van der Waals surface area contributed by atoms with Gasteiger partial charge in [0.25, 0.3) is 0 Å². The fraction of sp³-hybridized carbons (Fsp3) is 0.467. The summed E-state index contributed by atoms with van der Waals surface area (Å²) in [6, 6.07) is 9.31. The third kappa shape index (κ3) is 1.77. The SMILES string of the molecule is CC1C2CC(C(=O)O)(C2)N1C(=O)OCc1ccccc1. The van der Waals surface area contributed by atoms with Gasteiger partial charge in [0, 0.05) is 6.04 Å². The third-order valence-electron chi connectivity index (χ3n) is 4.55. The number of ether oxygens (including phenoxy) is 1. The molecule has 4 rings (SSSR count). The van der Waals surface area contributed by atoms with Crippen molar-refractivity contribution in [3.8, 4) is 0 Å². The molecule has 1 saturated carbocycles. The lowest BCUT2D eigenvalue weighted by atomic mass is 9.72. The summed E-state index contributed by atoms with van der Waals surface area (Å²) < 4.78 is 5.28. The molecule has 3 aliphatic rings. The Hall–Kier alpha value is -2.04. The van der Waals surface area contributed by atoms with Crippen LogP contribution in [0.2, 0.25) is 0 Å². The standard InChI is InChI=1S/C15H17NO4/c1-10-12-7-15(8-12,13(17)18)16(10)14(19)20-9-11-5-3-2-4-6-11/h2-6,10,12H,7-9H2,1H3,(H,17,18). The molecule has 2 aliphatic heterocycles. The predicted octanol–water partition coefficient (Wildman–Crippen LogP) is 2.26. The van der Waals surface area contributed by atoms with E-state index in [2.05, 4.69) is 0 Å². The highest BCUT2D eigenvalue weighted by molar-refractivity contribution is 5.87. The number of aliphatic carboxylic acids is 1. The molecule has 20 heavy (non-hydrogen) atoms. The second-order valence-corrected chi connectivity index (χ2v) is 5.66. The van der Waals surface area contributed by atoms with Gasteiger partial charge in [-0.3, -0.25) is 4.90 Å².